The molecule has 1 aliphatic rings. The van der Waals surface area contributed by atoms with E-state index in [1.54, 1.807) is 68.0 Å². The molecule has 0 N–H and O–H groups in total. The highest BCUT2D eigenvalue weighted by Gasteiger charge is 2.01. The third-order valence-corrected chi connectivity index (χ3v) is 11.7. The molecule has 0 fully saturated rings. The van der Waals surface area contributed by atoms with Crippen LogP contribution in [0.3, 0.4) is 0 Å². The van der Waals surface area contributed by atoms with Crippen LogP contribution in [0.25, 0.3) is 36.5 Å². The number of hydrogen-bond donors (Lipinski definition) is 0. The van der Waals surface area contributed by atoms with Gasteiger partial charge in [-0.3, -0.25) is 0 Å². The molecule has 6 aromatic heterocycles. The fourth-order valence-electron chi connectivity index (χ4n) is 3.92. The van der Waals surface area contributed by atoms with Gasteiger partial charge in [0.1, 0.15) is 0 Å². The van der Waals surface area contributed by atoms with E-state index in [4.69, 9.17) is 0 Å². The minimum atomic E-state index is 1.06. The Morgan fingerprint density at radius 1 is 0.238 bits per heavy atom. The van der Waals surface area contributed by atoms with Gasteiger partial charge in [0.15, 0.2) is 0 Å². The molecule has 7 rings (SSSR count). The molecule has 0 spiro atoms. The molecule has 0 nitrogen and oxygen atoms in total. The van der Waals surface area contributed by atoms with Gasteiger partial charge in [0.2, 0.25) is 0 Å². The summed E-state index contributed by atoms with van der Waals surface area (Å²) < 4.78 is 0. The van der Waals surface area contributed by atoms with Crippen molar-refractivity contribution in [1.82, 2.24) is 0 Å². The van der Waals surface area contributed by atoms with E-state index in [1.165, 1.54) is 29.3 Å². The molecule has 7 heterocycles. The first kappa shape index (κ1) is 27.0. The van der Waals surface area contributed by atoms with Gasteiger partial charge in [-0.25, -0.2) is 0 Å². The first-order chi connectivity index (χ1) is 20.7. The lowest BCUT2D eigenvalue weighted by atomic mass is 10.3. The van der Waals surface area contributed by atoms with Crippen LogP contribution in [0.2, 0.25) is 0 Å². The molecule has 6 aromatic rings. The van der Waals surface area contributed by atoms with Crippen LogP contribution in [0.4, 0.5) is 0 Å². The van der Waals surface area contributed by atoms with E-state index in [0.717, 1.165) is 29.3 Å². The molecule has 0 unspecified atom stereocenters. The Kier molecular flexibility index (Phi) is 8.05. The van der Waals surface area contributed by atoms with Crippen molar-refractivity contribution in [2.45, 2.75) is 0 Å². The lowest BCUT2D eigenvalue weighted by molar-refractivity contribution is 1.87. The quantitative estimate of drug-likeness (QED) is 0.144. The maximum absolute atomic E-state index is 3.33. The number of fused-ring (bicyclic) bond motifs is 12. The first-order valence-electron chi connectivity index (χ1n) is 12.9. The van der Waals surface area contributed by atoms with Crippen molar-refractivity contribution in [3.05, 3.63) is 131 Å². The summed E-state index contributed by atoms with van der Waals surface area (Å²) in [5.41, 5.74) is 0. The van der Waals surface area contributed by atoms with Gasteiger partial charge in [-0.2, -0.15) is 0 Å². The summed E-state index contributed by atoms with van der Waals surface area (Å²) in [7, 11) is 0. The van der Waals surface area contributed by atoms with Crippen molar-refractivity contribution < 1.29 is 0 Å². The van der Waals surface area contributed by atoms with Crippen molar-refractivity contribution >= 4 is 104 Å². The van der Waals surface area contributed by atoms with Gasteiger partial charge in [0.25, 0.3) is 0 Å². The number of thiophene rings is 6. The lowest BCUT2D eigenvalue weighted by Crippen LogP contribution is -1.63. The highest BCUT2D eigenvalue weighted by atomic mass is 32.1. The highest BCUT2D eigenvalue weighted by Crippen LogP contribution is 2.26. The van der Waals surface area contributed by atoms with E-state index in [0.29, 0.717) is 0 Å². The van der Waals surface area contributed by atoms with Crippen LogP contribution >= 0.6 is 68.0 Å². The minimum absolute atomic E-state index is 1.06. The normalized spacial score (nSPS) is 14.3. The molecule has 0 atom stereocenters. The summed E-state index contributed by atoms with van der Waals surface area (Å²) in [6.45, 7) is 0. The summed E-state index contributed by atoms with van der Waals surface area (Å²) in [5.74, 6) is 20.0. The molecule has 198 valence electrons. The number of rotatable bonds is 0. The van der Waals surface area contributed by atoms with Crippen molar-refractivity contribution in [3.8, 4) is 35.5 Å². The van der Waals surface area contributed by atoms with E-state index in [9.17, 15) is 0 Å². The zero-order valence-corrected chi connectivity index (χ0v) is 26.7. The van der Waals surface area contributed by atoms with E-state index >= 15 is 0 Å². The maximum Gasteiger partial charge on any atom is 0.0778 e. The third-order valence-electron chi connectivity index (χ3n) is 5.92. The topological polar surface area (TPSA) is 0 Å². The van der Waals surface area contributed by atoms with Crippen LogP contribution in [0.5, 0.6) is 0 Å². The van der Waals surface area contributed by atoms with Crippen LogP contribution in [-0.4, -0.2) is 0 Å². The molecular weight excluding hydrogens is 625 g/mol. The summed E-state index contributed by atoms with van der Waals surface area (Å²) >= 11 is 10.2. The summed E-state index contributed by atoms with van der Waals surface area (Å²) in [4.78, 5) is 13.5. The second kappa shape index (κ2) is 12.5. The van der Waals surface area contributed by atoms with Crippen molar-refractivity contribution in [3.63, 3.8) is 0 Å². The molecule has 0 amide bonds. The van der Waals surface area contributed by atoms with E-state index < -0.39 is 0 Å². The molecule has 0 aromatic carbocycles. The Hall–Kier alpha value is -3.90. The smallest absolute Gasteiger partial charge is 0.0778 e. The monoisotopic (exact) mass is 642 g/mol. The lowest BCUT2D eigenvalue weighted by Gasteiger charge is -1.85. The van der Waals surface area contributed by atoms with Crippen molar-refractivity contribution in [2.24, 2.45) is 0 Å². The molecule has 12 bridgehead atoms. The fraction of sp³-hybridized carbons (Fsp3) is 0. The predicted octanol–water partition coefficient (Wildman–Crippen LogP) is 11.1. The van der Waals surface area contributed by atoms with E-state index in [-0.39, 0.29) is 0 Å². The van der Waals surface area contributed by atoms with Crippen LogP contribution in [0.1, 0.15) is 58.5 Å². The number of hydrogen-bond acceptors (Lipinski definition) is 6. The largest absolute Gasteiger partial charge is 0.127 e. The highest BCUT2D eigenvalue weighted by molar-refractivity contribution is 7.16. The second-order valence-corrected chi connectivity index (χ2v) is 15.7. The average molecular weight is 643 g/mol. The van der Waals surface area contributed by atoms with Crippen LogP contribution in [-0.2, 0) is 0 Å². The van der Waals surface area contributed by atoms with Gasteiger partial charge < -0.3 is 0 Å². The van der Waals surface area contributed by atoms with Gasteiger partial charge in [-0.1, -0.05) is 0 Å². The zero-order chi connectivity index (χ0) is 28.1. The molecule has 0 saturated heterocycles. The molecule has 0 radical (unpaired) electrons. The predicted molar refractivity (Wildman–Crippen MR) is 191 cm³/mol. The SMILES string of the molecule is C1#Cc2ccc(s2)/C=C\c2ccc(s2)C#Cc2ccc(s2)/C=C\c2ccc(s2)C#Cc2ccc(s2)/C=C\c2ccc1s2. The van der Waals surface area contributed by atoms with Crippen molar-refractivity contribution in [2.75, 3.05) is 0 Å². The zero-order valence-electron chi connectivity index (χ0n) is 21.8. The minimum Gasteiger partial charge on any atom is -0.127 e. The van der Waals surface area contributed by atoms with Gasteiger partial charge in [-0.15, -0.1) is 68.0 Å². The molecule has 0 aliphatic carbocycles. The molecule has 0 saturated carbocycles. The van der Waals surface area contributed by atoms with Crippen LogP contribution < -0.4 is 0 Å². The molecular formula is C36H18S6. The molecule has 1 aliphatic heterocycles. The standard InChI is InChI=1S/C36H18S6/c1-2-26-15-16-28-5-6-30(39-28)19-20-32-9-10-34(41-32)23-24-36-12-11-35(42-36)22-21-33-8-7-31(40-33)18-17-29-4-3-27(38-29)14-13-25(1)37-26/h1-14,19-22H/b14-13-,20-19-,22-21-,25-13?,27-14?,30-19?,32-20?,33-21?,35-22?. The fourth-order valence-corrected chi connectivity index (χ4v) is 8.51. The van der Waals surface area contributed by atoms with E-state index in [1.807, 2.05) is 0 Å². The summed E-state index contributed by atoms with van der Waals surface area (Å²) in [6, 6.07) is 25.3. The van der Waals surface area contributed by atoms with Gasteiger partial charge >= 0.3 is 0 Å². The Morgan fingerprint density at radius 2 is 0.405 bits per heavy atom. The summed E-state index contributed by atoms with van der Waals surface area (Å²) in [6.07, 6.45) is 12.9. The van der Waals surface area contributed by atoms with Crippen molar-refractivity contribution in [1.29, 1.82) is 0 Å². The van der Waals surface area contributed by atoms with Crippen LogP contribution in [0.15, 0.2) is 72.8 Å². The molecule has 42 heavy (non-hydrogen) atoms. The Balaban J connectivity index is 1.18. The maximum atomic E-state index is 3.33. The average Bonchev–Trinajstić information content (AvgIpc) is 3.84. The summed E-state index contributed by atoms with van der Waals surface area (Å²) in [5, 5.41) is 0. The molecule has 6 heteroatoms. The first-order valence-corrected chi connectivity index (χ1v) is 17.8. The van der Waals surface area contributed by atoms with Gasteiger partial charge in [0.05, 0.1) is 29.3 Å². The second-order valence-electron chi connectivity index (χ2n) is 8.96. The Morgan fingerprint density at radius 3 is 0.571 bits per heavy atom. The van der Waals surface area contributed by atoms with Gasteiger partial charge in [0, 0.05) is 29.3 Å². The van der Waals surface area contributed by atoms with E-state index in [2.05, 4.69) is 145 Å². The Bertz CT molecular complexity index is 1780. The third kappa shape index (κ3) is 6.93. The van der Waals surface area contributed by atoms with Crippen LogP contribution in [0, 0.1) is 35.5 Å². The van der Waals surface area contributed by atoms with Gasteiger partial charge in [-0.05, 0) is 145 Å². The Labute approximate surface area is 269 Å².